The van der Waals surface area contributed by atoms with E-state index in [1.54, 1.807) is 62.4 Å². The van der Waals surface area contributed by atoms with E-state index >= 15 is 0 Å². The fourth-order valence-corrected chi connectivity index (χ4v) is 5.18. The summed E-state index contributed by atoms with van der Waals surface area (Å²) in [7, 11) is 0. The second-order valence-corrected chi connectivity index (χ2v) is 11.6. The SMILES string of the molecule is C=C(C)C(=O)OCCNC(=O)Oc1c(C(=O)OCC)cc2ccccc2c1-c1c(OC(=O)NCCOC(=O)C(=C)C)c(C(=O)OCC)cc2ccccc12. The molecule has 4 aromatic rings. The van der Waals surface area contributed by atoms with Gasteiger partial charge in [0.25, 0.3) is 0 Å². The molecule has 0 spiro atoms. The smallest absolute Gasteiger partial charge is 0.412 e. The lowest BCUT2D eigenvalue weighted by molar-refractivity contribution is -0.139. The molecule has 0 bridgehead atoms. The molecule has 54 heavy (non-hydrogen) atoms. The van der Waals surface area contributed by atoms with Gasteiger partial charge in [-0.3, -0.25) is 0 Å². The van der Waals surface area contributed by atoms with Crippen LogP contribution in [-0.4, -0.2) is 75.6 Å². The van der Waals surface area contributed by atoms with Gasteiger partial charge in [-0.05, 0) is 61.4 Å². The van der Waals surface area contributed by atoms with Crippen LogP contribution in [0.15, 0.2) is 85.0 Å². The van der Waals surface area contributed by atoms with Gasteiger partial charge >= 0.3 is 36.1 Å². The first-order valence-electron chi connectivity index (χ1n) is 16.9. The topological polar surface area (TPSA) is 182 Å². The maximum absolute atomic E-state index is 13.6. The highest BCUT2D eigenvalue weighted by atomic mass is 16.6. The van der Waals surface area contributed by atoms with Gasteiger partial charge in [-0.25, -0.2) is 28.8 Å². The van der Waals surface area contributed by atoms with Crippen molar-refractivity contribution >= 4 is 57.6 Å². The van der Waals surface area contributed by atoms with Crippen molar-refractivity contribution in [2.45, 2.75) is 27.7 Å². The van der Waals surface area contributed by atoms with Crippen LogP contribution in [0.2, 0.25) is 0 Å². The van der Waals surface area contributed by atoms with E-state index in [9.17, 15) is 28.8 Å². The minimum atomic E-state index is -1.03. The molecule has 0 heterocycles. The number of amides is 2. The summed E-state index contributed by atoms with van der Waals surface area (Å²) in [4.78, 5) is 77.7. The van der Waals surface area contributed by atoms with Crippen molar-refractivity contribution in [2.24, 2.45) is 0 Å². The zero-order chi connectivity index (χ0) is 39.4. The largest absolute Gasteiger partial charge is 0.462 e. The lowest BCUT2D eigenvalue weighted by Crippen LogP contribution is -2.32. The molecule has 0 aliphatic rings. The van der Waals surface area contributed by atoms with Gasteiger partial charge in [-0.1, -0.05) is 61.7 Å². The Labute approximate surface area is 311 Å². The Kier molecular flexibility index (Phi) is 13.9. The van der Waals surface area contributed by atoms with E-state index in [2.05, 4.69) is 23.8 Å². The first kappa shape index (κ1) is 40.1. The third-order valence-electron chi connectivity index (χ3n) is 7.54. The van der Waals surface area contributed by atoms with Crippen LogP contribution in [0.4, 0.5) is 9.59 Å². The highest BCUT2D eigenvalue weighted by Gasteiger charge is 2.31. The van der Waals surface area contributed by atoms with Crippen LogP contribution in [0, 0.1) is 0 Å². The summed E-state index contributed by atoms with van der Waals surface area (Å²) in [5.74, 6) is -3.54. The molecular formula is C40H40N2O12. The van der Waals surface area contributed by atoms with Crippen molar-refractivity contribution in [2.75, 3.05) is 39.5 Å². The molecule has 14 nitrogen and oxygen atoms in total. The van der Waals surface area contributed by atoms with Gasteiger partial charge in [0.2, 0.25) is 0 Å². The van der Waals surface area contributed by atoms with Crippen molar-refractivity contribution in [1.82, 2.24) is 10.6 Å². The molecule has 282 valence electrons. The molecule has 14 heteroatoms. The number of carbonyl (C=O) groups excluding carboxylic acids is 6. The molecular weight excluding hydrogens is 700 g/mol. The van der Waals surface area contributed by atoms with Crippen molar-refractivity contribution in [3.63, 3.8) is 0 Å². The Hall–Kier alpha value is -6.70. The number of benzene rings is 4. The van der Waals surface area contributed by atoms with E-state index in [1.165, 1.54) is 26.0 Å². The average Bonchev–Trinajstić information content (AvgIpc) is 3.14. The van der Waals surface area contributed by atoms with Crippen LogP contribution in [0.3, 0.4) is 0 Å². The van der Waals surface area contributed by atoms with E-state index in [4.69, 9.17) is 28.4 Å². The van der Waals surface area contributed by atoms with Gasteiger partial charge in [-0.2, -0.15) is 0 Å². The Morgan fingerprint density at radius 1 is 0.574 bits per heavy atom. The van der Waals surface area contributed by atoms with Gasteiger partial charge in [-0.15, -0.1) is 0 Å². The van der Waals surface area contributed by atoms with E-state index in [-0.39, 0.29) is 84.4 Å². The minimum Gasteiger partial charge on any atom is -0.462 e. The molecule has 0 atom stereocenters. The van der Waals surface area contributed by atoms with Gasteiger partial charge < -0.3 is 39.1 Å². The van der Waals surface area contributed by atoms with Gasteiger partial charge in [0.1, 0.15) is 24.3 Å². The van der Waals surface area contributed by atoms with E-state index in [1.807, 2.05) is 0 Å². The fourth-order valence-electron chi connectivity index (χ4n) is 5.18. The average molecular weight is 741 g/mol. The first-order chi connectivity index (χ1) is 25.9. The maximum atomic E-state index is 13.6. The predicted octanol–water partition coefficient (Wildman–Crippen LogP) is 6.43. The second kappa shape index (κ2) is 18.7. The van der Waals surface area contributed by atoms with Crippen LogP contribution in [0.25, 0.3) is 32.7 Å². The number of rotatable bonds is 15. The van der Waals surface area contributed by atoms with Gasteiger partial charge in [0.15, 0.2) is 11.5 Å². The Morgan fingerprint density at radius 2 is 0.944 bits per heavy atom. The van der Waals surface area contributed by atoms with Crippen LogP contribution < -0.4 is 20.1 Å². The minimum absolute atomic E-state index is 0.0157. The molecule has 0 saturated heterocycles. The molecule has 0 saturated carbocycles. The molecule has 0 aliphatic carbocycles. The van der Waals surface area contributed by atoms with Gasteiger partial charge in [0, 0.05) is 22.3 Å². The standard InChI is InChI=1S/C40H40N2O12/c1-7-49-37(45)29-21-25-13-9-11-15-27(25)31(33(29)53-39(47)41-17-19-51-35(43)23(3)4)32-28-16-12-10-14-26(28)22-30(38(46)50-8-2)34(32)54-40(48)42-18-20-52-36(44)24(5)6/h9-16,21-22H,3,5,7-8,17-20H2,1-2,4,6H3,(H,41,47)(H,42,48). The summed E-state index contributed by atoms with van der Waals surface area (Å²) in [5.41, 5.74) is 0.228. The molecule has 2 amide bonds. The normalized spacial score (nSPS) is 10.5. The van der Waals surface area contributed by atoms with Crippen LogP contribution in [-0.2, 0) is 28.5 Å². The van der Waals surface area contributed by atoms with Crippen LogP contribution >= 0.6 is 0 Å². The molecule has 4 aromatic carbocycles. The third-order valence-corrected chi connectivity index (χ3v) is 7.54. The number of carbonyl (C=O) groups is 6. The van der Waals surface area contributed by atoms with E-state index < -0.39 is 36.1 Å². The number of hydrogen-bond acceptors (Lipinski definition) is 12. The highest BCUT2D eigenvalue weighted by Crippen LogP contribution is 2.49. The summed E-state index contributed by atoms with van der Waals surface area (Å²) < 4.78 is 32.7. The molecule has 0 fully saturated rings. The molecule has 4 rings (SSSR count). The molecule has 0 radical (unpaired) electrons. The molecule has 0 unspecified atom stereocenters. The van der Waals surface area contributed by atoms with Crippen LogP contribution in [0.5, 0.6) is 11.5 Å². The molecule has 0 aliphatic heterocycles. The number of ether oxygens (including phenoxy) is 6. The van der Waals surface area contributed by atoms with Crippen molar-refractivity contribution in [1.29, 1.82) is 0 Å². The third kappa shape index (κ3) is 9.79. The van der Waals surface area contributed by atoms with Crippen molar-refractivity contribution in [3.05, 3.63) is 96.1 Å². The number of nitrogens with one attached hydrogen (secondary N) is 2. The molecule has 2 N–H and O–H groups in total. The van der Waals surface area contributed by atoms with E-state index in [0.29, 0.717) is 21.5 Å². The maximum Gasteiger partial charge on any atom is 0.412 e. The number of hydrogen-bond donors (Lipinski definition) is 2. The summed E-state index contributed by atoms with van der Waals surface area (Å²) in [6, 6.07) is 16.7. The molecule has 0 aromatic heterocycles. The monoisotopic (exact) mass is 740 g/mol. The lowest BCUT2D eigenvalue weighted by Gasteiger charge is -2.22. The zero-order valence-corrected chi connectivity index (χ0v) is 30.3. The lowest BCUT2D eigenvalue weighted by atomic mass is 9.88. The Bertz CT molecular complexity index is 1990. The van der Waals surface area contributed by atoms with Gasteiger partial charge in [0.05, 0.1) is 26.3 Å². The first-order valence-corrected chi connectivity index (χ1v) is 16.9. The Morgan fingerprint density at radius 3 is 1.30 bits per heavy atom. The van der Waals surface area contributed by atoms with Crippen LogP contribution in [0.1, 0.15) is 48.4 Å². The van der Waals surface area contributed by atoms with E-state index in [0.717, 1.165) is 0 Å². The van der Waals surface area contributed by atoms with Crippen molar-refractivity contribution in [3.8, 4) is 22.6 Å². The Balaban J connectivity index is 1.97. The number of fused-ring (bicyclic) bond motifs is 2. The summed E-state index contributed by atoms with van der Waals surface area (Å²) >= 11 is 0. The second-order valence-electron chi connectivity index (χ2n) is 11.6. The number of esters is 4. The predicted molar refractivity (Wildman–Crippen MR) is 198 cm³/mol. The fraction of sp³-hybridized carbons (Fsp3) is 0.250. The summed E-state index contributed by atoms with van der Waals surface area (Å²) in [6.07, 6.45) is -2.06. The van der Waals surface area contributed by atoms with Crippen molar-refractivity contribution < 1.29 is 57.2 Å². The summed E-state index contributed by atoms with van der Waals surface area (Å²) in [5, 5.41) is 6.88. The summed E-state index contributed by atoms with van der Waals surface area (Å²) in [6.45, 7) is 12.5. The highest BCUT2D eigenvalue weighted by molar-refractivity contribution is 6.16. The zero-order valence-electron chi connectivity index (χ0n) is 30.3. The quantitative estimate of drug-likeness (QED) is 0.0591.